The quantitative estimate of drug-likeness (QED) is 0.571. The molecule has 4 rings (SSSR count). The van der Waals surface area contributed by atoms with E-state index < -0.39 is 11.2 Å². The van der Waals surface area contributed by atoms with Gasteiger partial charge >= 0.3 is 5.97 Å². The predicted octanol–water partition coefficient (Wildman–Crippen LogP) is 3.33. The lowest BCUT2D eigenvalue weighted by Gasteiger charge is -2.48. The van der Waals surface area contributed by atoms with E-state index in [1.165, 1.54) is 23.8 Å². The molecule has 0 aromatic heterocycles. The van der Waals surface area contributed by atoms with Gasteiger partial charge in [0, 0.05) is 19.3 Å². The van der Waals surface area contributed by atoms with E-state index in [-0.39, 0.29) is 17.8 Å². The Labute approximate surface area is 154 Å². The number of carbonyl (C=O) groups excluding carboxylic acids is 2. The van der Waals surface area contributed by atoms with Gasteiger partial charge in [-0.1, -0.05) is 11.6 Å². The molecule has 0 bridgehead atoms. The number of aldehydes is 1. The zero-order valence-electron chi connectivity index (χ0n) is 15.7. The van der Waals surface area contributed by atoms with Gasteiger partial charge < -0.3 is 19.0 Å². The normalized spacial score (nSPS) is 35.5. The van der Waals surface area contributed by atoms with Crippen LogP contribution in [0.2, 0.25) is 0 Å². The van der Waals surface area contributed by atoms with Gasteiger partial charge in [0.25, 0.3) is 0 Å². The number of allylic oxidation sites excluding steroid dienone is 3. The molecular weight excluding hydrogens is 332 g/mol. The summed E-state index contributed by atoms with van der Waals surface area (Å²) in [5.74, 6) is -0.328. The monoisotopic (exact) mass is 360 g/mol. The van der Waals surface area contributed by atoms with Crippen LogP contribution in [0.4, 0.5) is 0 Å². The van der Waals surface area contributed by atoms with Crippen LogP contribution in [-0.2, 0) is 23.8 Å². The molecule has 0 radical (unpaired) electrons. The molecule has 142 valence electrons. The zero-order chi connectivity index (χ0) is 18.4. The van der Waals surface area contributed by atoms with Crippen molar-refractivity contribution in [2.75, 3.05) is 20.3 Å². The van der Waals surface area contributed by atoms with Gasteiger partial charge in [-0.2, -0.15) is 0 Å². The molecule has 0 unspecified atom stereocenters. The molecule has 0 amide bonds. The summed E-state index contributed by atoms with van der Waals surface area (Å²) < 4.78 is 16.9. The van der Waals surface area contributed by atoms with Crippen LogP contribution in [0.25, 0.3) is 0 Å². The first-order valence-electron chi connectivity index (χ1n) is 9.74. The average molecular weight is 360 g/mol. The first-order valence-corrected chi connectivity index (χ1v) is 9.74. The summed E-state index contributed by atoms with van der Waals surface area (Å²) >= 11 is 0. The molecule has 5 heteroatoms. The highest BCUT2D eigenvalue weighted by molar-refractivity contribution is 5.78. The van der Waals surface area contributed by atoms with Gasteiger partial charge in [-0.15, -0.1) is 0 Å². The van der Waals surface area contributed by atoms with Crippen LogP contribution in [0.1, 0.15) is 51.9 Å². The molecule has 3 aliphatic carbocycles. The lowest BCUT2D eigenvalue weighted by Crippen LogP contribution is -2.45. The molecule has 1 heterocycles. The minimum absolute atomic E-state index is 0.0105. The van der Waals surface area contributed by atoms with Crippen molar-refractivity contribution in [3.63, 3.8) is 0 Å². The average Bonchev–Trinajstić information content (AvgIpc) is 3.10. The van der Waals surface area contributed by atoms with Crippen molar-refractivity contribution in [1.82, 2.24) is 0 Å². The number of ether oxygens (including phenoxy) is 3. The molecule has 0 saturated carbocycles. The molecule has 1 spiro atoms. The largest absolute Gasteiger partial charge is 0.469 e. The van der Waals surface area contributed by atoms with Gasteiger partial charge in [0.1, 0.15) is 6.29 Å². The van der Waals surface area contributed by atoms with E-state index in [0.717, 1.165) is 38.4 Å². The fourth-order valence-corrected chi connectivity index (χ4v) is 5.66. The van der Waals surface area contributed by atoms with E-state index in [2.05, 4.69) is 6.08 Å². The number of hydrogen-bond acceptors (Lipinski definition) is 5. The molecule has 0 aromatic rings. The molecule has 3 atom stereocenters. The Bertz CT molecular complexity index is 670. The standard InChI is InChI=1S/C21H28O5/c1-20(19(23)24-2)8-5-16-15-6-9-21(25-11-12-26-21)13-14(15)3-4-17(16)18(20)7-10-22/h5,10,17-18H,3-4,6-9,11-13H2,1-2H3/t17-,18+,20+/m1/s1. The van der Waals surface area contributed by atoms with Gasteiger partial charge in [-0.05, 0) is 55.6 Å². The SMILES string of the molecule is COC(=O)[C@@]1(C)CC=C2C3=C(CC[C@H]2[C@@H]1CC=O)CC1(CC3)OCCO1. The smallest absolute Gasteiger partial charge is 0.312 e. The second-order valence-corrected chi connectivity index (χ2v) is 8.29. The highest BCUT2D eigenvalue weighted by Gasteiger charge is 2.51. The lowest BCUT2D eigenvalue weighted by molar-refractivity contribution is -0.164. The van der Waals surface area contributed by atoms with Gasteiger partial charge in [0.15, 0.2) is 5.79 Å². The van der Waals surface area contributed by atoms with Crippen molar-refractivity contribution in [3.05, 3.63) is 22.8 Å². The van der Waals surface area contributed by atoms with Crippen LogP contribution in [0.5, 0.6) is 0 Å². The van der Waals surface area contributed by atoms with E-state index in [0.29, 0.717) is 26.1 Å². The molecule has 1 saturated heterocycles. The first kappa shape index (κ1) is 17.9. The maximum Gasteiger partial charge on any atom is 0.312 e. The Hall–Kier alpha value is -1.46. The highest BCUT2D eigenvalue weighted by atomic mass is 16.7. The summed E-state index contributed by atoms with van der Waals surface area (Å²) in [6.45, 7) is 3.33. The van der Waals surface area contributed by atoms with Gasteiger partial charge in [0.05, 0.1) is 25.7 Å². The van der Waals surface area contributed by atoms with Crippen LogP contribution in [-0.4, -0.2) is 38.4 Å². The fraction of sp³-hybridized carbons (Fsp3) is 0.714. The Balaban J connectivity index is 1.67. The van der Waals surface area contributed by atoms with Crippen molar-refractivity contribution >= 4 is 12.3 Å². The Kier molecular flexibility index (Phi) is 4.56. The highest BCUT2D eigenvalue weighted by Crippen LogP contribution is 2.55. The Morgan fingerprint density at radius 2 is 2.12 bits per heavy atom. The van der Waals surface area contributed by atoms with Crippen LogP contribution in [0.15, 0.2) is 22.8 Å². The van der Waals surface area contributed by atoms with Crippen LogP contribution in [0, 0.1) is 17.3 Å². The van der Waals surface area contributed by atoms with E-state index in [4.69, 9.17) is 14.2 Å². The number of hydrogen-bond donors (Lipinski definition) is 0. The molecule has 5 nitrogen and oxygen atoms in total. The maximum absolute atomic E-state index is 12.5. The molecule has 0 N–H and O–H groups in total. The molecule has 1 aliphatic heterocycles. The second-order valence-electron chi connectivity index (χ2n) is 8.29. The van der Waals surface area contributed by atoms with E-state index in [1.54, 1.807) is 0 Å². The van der Waals surface area contributed by atoms with Crippen LogP contribution >= 0.6 is 0 Å². The lowest BCUT2D eigenvalue weighted by atomic mass is 9.57. The maximum atomic E-state index is 12.5. The molecule has 1 fully saturated rings. The summed E-state index contributed by atoms with van der Waals surface area (Å²) in [5, 5.41) is 0. The van der Waals surface area contributed by atoms with Crippen molar-refractivity contribution in [2.45, 2.75) is 57.7 Å². The second kappa shape index (κ2) is 6.61. The number of rotatable bonds is 3. The van der Waals surface area contributed by atoms with Gasteiger partial charge in [-0.3, -0.25) is 4.79 Å². The van der Waals surface area contributed by atoms with E-state index in [1.807, 2.05) is 6.92 Å². The minimum Gasteiger partial charge on any atom is -0.469 e. The Morgan fingerprint density at radius 3 is 2.81 bits per heavy atom. The van der Waals surface area contributed by atoms with Crippen LogP contribution < -0.4 is 0 Å². The number of esters is 1. The van der Waals surface area contributed by atoms with Crippen molar-refractivity contribution in [2.24, 2.45) is 17.3 Å². The predicted molar refractivity (Wildman–Crippen MR) is 95.2 cm³/mol. The van der Waals surface area contributed by atoms with E-state index >= 15 is 0 Å². The minimum atomic E-state index is -0.616. The summed E-state index contributed by atoms with van der Waals surface area (Å²) in [7, 11) is 1.44. The number of methoxy groups -OCH3 is 1. The molecular formula is C21H28O5. The third kappa shape index (κ3) is 2.67. The molecule has 0 aromatic carbocycles. The third-order valence-electron chi connectivity index (χ3n) is 7.04. The first-order chi connectivity index (χ1) is 12.5. The van der Waals surface area contributed by atoms with Crippen LogP contribution in [0.3, 0.4) is 0 Å². The zero-order valence-corrected chi connectivity index (χ0v) is 15.7. The molecule has 4 aliphatic rings. The fourth-order valence-electron chi connectivity index (χ4n) is 5.66. The van der Waals surface area contributed by atoms with E-state index in [9.17, 15) is 9.59 Å². The summed E-state index contributed by atoms with van der Waals surface area (Å²) in [6.07, 6.45) is 8.94. The van der Waals surface area contributed by atoms with Crippen molar-refractivity contribution in [3.8, 4) is 0 Å². The molecule has 26 heavy (non-hydrogen) atoms. The summed E-state index contributed by atoms with van der Waals surface area (Å²) in [5.41, 5.74) is 3.64. The van der Waals surface area contributed by atoms with Gasteiger partial charge in [0.2, 0.25) is 0 Å². The summed E-state index contributed by atoms with van der Waals surface area (Å²) in [4.78, 5) is 23.9. The number of carbonyl (C=O) groups is 2. The third-order valence-corrected chi connectivity index (χ3v) is 7.04. The summed E-state index contributed by atoms with van der Waals surface area (Å²) in [6, 6.07) is 0. The topological polar surface area (TPSA) is 61.8 Å². The number of fused-ring (bicyclic) bond motifs is 2. The van der Waals surface area contributed by atoms with Gasteiger partial charge in [-0.25, -0.2) is 0 Å². The van der Waals surface area contributed by atoms with Crippen molar-refractivity contribution in [1.29, 1.82) is 0 Å². The van der Waals surface area contributed by atoms with Crippen molar-refractivity contribution < 1.29 is 23.8 Å². The Morgan fingerprint density at radius 1 is 1.35 bits per heavy atom.